The van der Waals surface area contributed by atoms with Crippen molar-refractivity contribution in [3.63, 3.8) is 0 Å². The first-order valence-electron chi connectivity index (χ1n) is 8.46. The van der Waals surface area contributed by atoms with Gasteiger partial charge in [-0.2, -0.15) is 0 Å². The lowest BCUT2D eigenvalue weighted by atomic mass is 10.2. The zero-order chi connectivity index (χ0) is 17.2. The molecule has 3 heterocycles. The molecule has 4 rings (SSSR count). The lowest BCUT2D eigenvalue weighted by molar-refractivity contribution is -0.119. The second-order valence-corrected chi connectivity index (χ2v) is 8.24. The van der Waals surface area contributed by atoms with Crippen LogP contribution in [0.15, 0.2) is 29.6 Å². The summed E-state index contributed by atoms with van der Waals surface area (Å²) in [4.78, 5) is 23.4. The maximum atomic E-state index is 11.5. The van der Waals surface area contributed by atoms with Gasteiger partial charge in [-0.05, 0) is 31.5 Å². The van der Waals surface area contributed by atoms with Gasteiger partial charge >= 0.3 is 0 Å². The first kappa shape index (κ1) is 16.6. The largest absolute Gasteiger partial charge is 0.359 e. The molecule has 0 saturated carbocycles. The minimum atomic E-state index is 0.00873. The van der Waals surface area contributed by atoms with E-state index in [0.717, 1.165) is 35.7 Å². The van der Waals surface area contributed by atoms with Gasteiger partial charge in [-0.3, -0.25) is 9.69 Å². The Morgan fingerprint density at radius 1 is 1.36 bits per heavy atom. The predicted molar refractivity (Wildman–Crippen MR) is 102 cm³/mol. The molecule has 3 aromatic rings. The smallest absolute Gasteiger partial charge is 0.226 e. The highest BCUT2D eigenvalue weighted by atomic mass is 32.1. The standard InChI is InChI=1S/C18H20N4OS2/c1-19-16(23)9-17-20-12(11-24-17)10-22-8-4-6-14(22)18-21-13-5-2-3-7-15(13)25-18/h2-3,5,7,11,14H,4,6,8-10H2,1H3,(H,19,23)/t14-/m1/s1. The number of aromatic nitrogens is 2. The SMILES string of the molecule is CNC(=O)Cc1nc(CN2CCC[C@@H]2c2nc3ccccc3s2)cs1. The lowest BCUT2D eigenvalue weighted by Gasteiger charge is -2.21. The minimum Gasteiger partial charge on any atom is -0.359 e. The molecule has 0 radical (unpaired) electrons. The van der Waals surface area contributed by atoms with Gasteiger partial charge < -0.3 is 5.32 Å². The highest BCUT2D eigenvalue weighted by Gasteiger charge is 2.29. The Bertz CT molecular complexity index is 855. The molecule has 1 saturated heterocycles. The molecule has 0 unspecified atom stereocenters. The summed E-state index contributed by atoms with van der Waals surface area (Å²) in [6.45, 7) is 1.90. The van der Waals surface area contributed by atoms with E-state index in [4.69, 9.17) is 4.98 Å². The Hall–Kier alpha value is -1.83. The van der Waals surface area contributed by atoms with Crippen LogP contribution in [0.5, 0.6) is 0 Å². The number of carbonyl (C=O) groups excluding carboxylic acids is 1. The van der Waals surface area contributed by atoms with E-state index in [1.807, 2.05) is 6.07 Å². The van der Waals surface area contributed by atoms with Gasteiger partial charge in [0, 0.05) is 19.0 Å². The third-order valence-corrected chi connectivity index (χ3v) is 6.55. The Kier molecular flexibility index (Phi) is 4.78. The molecule has 0 bridgehead atoms. The molecule has 1 atom stereocenters. The summed E-state index contributed by atoms with van der Waals surface area (Å²) in [6.07, 6.45) is 2.70. The lowest BCUT2D eigenvalue weighted by Crippen LogP contribution is -2.23. The van der Waals surface area contributed by atoms with Crippen molar-refractivity contribution in [3.8, 4) is 0 Å². The van der Waals surface area contributed by atoms with Crippen LogP contribution >= 0.6 is 22.7 Å². The molecule has 1 amide bonds. The number of rotatable bonds is 5. The van der Waals surface area contributed by atoms with Crippen LogP contribution in [0.3, 0.4) is 0 Å². The van der Waals surface area contributed by atoms with Crippen molar-refractivity contribution >= 4 is 38.8 Å². The number of hydrogen-bond acceptors (Lipinski definition) is 6. The molecule has 0 spiro atoms. The molecule has 1 N–H and O–H groups in total. The van der Waals surface area contributed by atoms with Crippen molar-refractivity contribution in [1.82, 2.24) is 20.2 Å². The highest BCUT2D eigenvalue weighted by Crippen LogP contribution is 2.37. The summed E-state index contributed by atoms with van der Waals surface area (Å²) in [6, 6.07) is 8.71. The van der Waals surface area contributed by atoms with Crippen LogP contribution in [0.25, 0.3) is 10.2 Å². The molecule has 1 aromatic carbocycles. The van der Waals surface area contributed by atoms with Crippen LogP contribution in [-0.2, 0) is 17.8 Å². The Morgan fingerprint density at radius 2 is 2.24 bits per heavy atom. The fourth-order valence-electron chi connectivity index (χ4n) is 3.26. The fourth-order valence-corrected chi connectivity index (χ4v) is 5.18. The van der Waals surface area contributed by atoms with Crippen molar-refractivity contribution in [2.45, 2.75) is 31.8 Å². The Balaban J connectivity index is 1.49. The van der Waals surface area contributed by atoms with Crippen LogP contribution in [0, 0.1) is 0 Å². The molecule has 25 heavy (non-hydrogen) atoms. The molecule has 1 aliphatic heterocycles. The number of likely N-dealkylation sites (tertiary alicyclic amines) is 1. The summed E-state index contributed by atoms with van der Waals surface area (Å²) in [5, 5.41) is 6.81. The number of fused-ring (bicyclic) bond motifs is 1. The number of benzene rings is 1. The summed E-state index contributed by atoms with van der Waals surface area (Å²) in [7, 11) is 1.66. The molecule has 2 aromatic heterocycles. The number of nitrogens with one attached hydrogen (secondary N) is 1. The summed E-state index contributed by atoms with van der Waals surface area (Å²) in [5.41, 5.74) is 2.15. The quantitative estimate of drug-likeness (QED) is 0.746. The third-order valence-electron chi connectivity index (χ3n) is 4.51. The van der Waals surface area contributed by atoms with Crippen molar-refractivity contribution in [1.29, 1.82) is 0 Å². The van der Waals surface area contributed by atoms with E-state index < -0.39 is 0 Å². The minimum absolute atomic E-state index is 0.00873. The van der Waals surface area contributed by atoms with Gasteiger partial charge in [-0.1, -0.05) is 12.1 Å². The number of carbonyl (C=O) groups is 1. The van der Waals surface area contributed by atoms with Gasteiger partial charge in [0.1, 0.15) is 10.0 Å². The van der Waals surface area contributed by atoms with Gasteiger partial charge in [0.05, 0.1) is 28.4 Å². The number of hydrogen-bond donors (Lipinski definition) is 1. The average Bonchev–Trinajstić information content (AvgIpc) is 3.34. The summed E-state index contributed by atoms with van der Waals surface area (Å²) in [5.74, 6) is 0.00873. The molecule has 0 aliphatic carbocycles. The first-order valence-corrected chi connectivity index (χ1v) is 10.2. The maximum Gasteiger partial charge on any atom is 0.226 e. The van der Waals surface area contributed by atoms with Crippen molar-refractivity contribution < 1.29 is 4.79 Å². The van der Waals surface area contributed by atoms with Gasteiger partial charge in [-0.15, -0.1) is 22.7 Å². The van der Waals surface area contributed by atoms with E-state index >= 15 is 0 Å². The molecule has 5 nitrogen and oxygen atoms in total. The van der Waals surface area contributed by atoms with Crippen LogP contribution in [0.1, 0.15) is 34.6 Å². The third kappa shape index (κ3) is 3.58. The number of amides is 1. The molecule has 7 heteroatoms. The van der Waals surface area contributed by atoms with Crippen molar-refractivity contribution in [3.05, 3.63) is 45.4 Å². The monoisotopic (exact) mass is 372 g/mol. The molecular weight excluding hydrogens is 352 g/mol. The van der Waals surface area contributed by atoms with Crippen LogP contribution in [0.2, 0.25) is 0 Å². The second kappa shape index (κ2) is 7.19. The maximum absolute atomic E-state index is 11.5. The van der Waals surface area contributed by atoms with E-state index in [1.54, 1.807) is 29.7 Å². The highest BCUT2D eigenvalue weighted by molar-refractivity contribution is 7.18. The summed E-state index contributed by atoms with van der Waals surface area (Å²) >= 11 is 3.37. The molecular formula is C18H20N4OS2. The fraction of sp³-hybridized carbons (Fsp3) is 0.389. The second-order valence-electron chi connectivity index (χ2n) is 6.23. The van der Waals surface area contributed by atoms with Crippen LogP contribution < -0.4 is 5.32 Å². The Morgan fingerprint density at radius 3 is 3.08 bits per heavy atom. The van der Waals surface area contributed by atoms with E-state index in [1.165, 1.54) is 16.1 Å². The van der Waals surface area contributed by atoms with Crippen LogP contribution in [-0.4, -0.2) is 34.4 Å². The van der Waals surface area contributed by atoms with Gasteiger partial charge in [0.2, 0.25) is 5.91 Å². The van der Waals surface area contributed by atoms with Gasteiger partial charge in [-0.25, -0.2) is 9.97 Å². The van der Waals surface area contributed by atoms with Gasteiger partial charge in [0.15, 0.2) is 0 Å². The number of likely N-dealkylation sites (N-methyl/N-ethyl adjacent to an activating group) is 1. The predicted octanol–water partition coefficient (Wildman–Crippen LogP) is 3.38. The number of thiazole rings is 2. The van der Waals surface area contributed by atoms with Gasteiger partial charge in [0.25, 0.3) is 0 Å². The molecule has 1 aliphatic rings. The van der Waals surface area contributed by atoms with Crippen LogP contribution in [0.4, 0.5) is 0 Å². The average molecular weight is 373 g/mol. The van der Waals surface area contributed by atoms with E-state index in [0.29, 0.717) is 12.5 Å². The first-order chi connectivity index (χ1) is 12.2. The molecule has 1 fully saturated rings. The van der Waals surface area contributed by atoms with E-state index in [-0.39, 0.29) is 5.91 Å². The zero-order valence-corrected chi connectivity index (χ0v) is 15.7. The Labute approximate surface area is 154 Å². The topological polar surface area (TPSA) is 58.1 Å². The number of para-hydroxylation sites is 1. The van der Waals surface area contributed by atoms with Crippen molar-refractivity contribution in [2.75, 3.05) is 13.6 Å². The number of nitrogens with zero attached hydrogens (tertiary/aromatic N) is 3. The molecule has 130 valence electrons. The zero-order valence-electron chi connectivity index (χ0n) is 14.1. The van der Waals surface area contributed by atoms with E-state index in [9.17, 15) is 4.79 Å². The van der Waals surface area contributed by atoms with Crippen molar-refractivity contribution in [2.24, 2.45) is 0 Å². The normalized spacial score (nSPS) is 18.0. The van der Waals surface area contributed by atoms with E-state index in [2.05, 4.69) is 38.8 Å². The summed E-state index contributed by atoms with van der Waals surface area (Å²) < 4.78 is 1.26.